The second-order valence-corrected chi connectivity index (χ2v) is 11.8. The van der Waals surface area contributed by atoms with E-state index in [1.54, 1.807) is 4.90 Å². The van der Waals surface area contributed by atoms with Gasteiger partial charge in [-0.3, -0.25) is 14.5 Å². The molecule has 1 unspecified atom stereocenters. The molecular formula is C30H39Cl2F3N4O2. The second-order valence-electron chi connectivity index (χ2n) is 11.4. The lowest BCUT2D eigenvalue weighted by atomic mass is 9.99. The Morgan fingerprint density at radius 1 is 1.15 bits per heavy atom. The summed E-state index contributed by atoms with van der Waals surface area (Å²) >= 11 is 5.74. The number of benzene rings is 2. The third-order valence-electron chi connectivity index (χ3n) is 7.90. The van der Waals surface area contributed by atoms with Gasteiger partial charge in [-0.1, -0.05) is 61.8 Å². The number of fused-ring (bicyclic) bond motifs is 1. The summed E-state index contributed by atoms with van der Waals surface area (Å²) in [6.07, 6.45) is -1.13. The first-order valence-electron chi connectivity index (χ1n) is 13.9. The zero-order valence-corrected chi connectivity index (χ0v) is 24.9. The van der Waals surface area contributed by atoms with Crippen molar-refractivity contribution in [3.63, 3.8) is 0 Å². The van der Waals surface area contributed by atoms with Gasteiger partial charge in [-0.15, -0.1) is 12.4 Å². The van der Waals surface area contributed by atoms with Crippen LogP contribution in [0.5, 0.6) is 0 Å². The van der Waals surface area contributed by atoms with Gasteiger partial charge in [0.25, 0.3) is 0 Å². The van der Waals surface area contributed by atoms with Gasteiger partial charge in [0.15, 0.2) is 0 Å². The minimum absolute atomic E-state index is 0. The number of rotatable bonds is 9. The van der Waals surface area contributed by atoms with Crippen molar-refractivity contribution in [1.29, 1.82) is 0 Å². The highest BCUT2D eigenvalue weighted by molar-refractivity contribution is 6.31. The normalized spacial score (nSPS) is 22.2. The quantitative estimate of drug-likeness (QED) is 0.394. The van der Waals surface area contributed by atoms with Gasteiger partial charge < -0.3 is 16.0 Å². The van der Waals surface area contributed by atoms with Crippen LogP contribution in [0.3, 0.4) is 0 Å². The first kappa shape index (κ1) is 33.2. The van der Waals surface area contributed by atoms with Crippen LogP contribution in [-0.4, -0.2) is 58.9 Å². The fourth-order valence-corrected chi connectivity index (χ4v) is 6.15. The molecule has 0 radical (unpaired) electrons. The van der Waals surface area contributed by atoms with Gasteiger partial charge >= 0.3 is 6.18 Å². The molecule has 0 saturated carbocycles. The van der Waals surface area contributed by atoms with Gasteiger partial charge in [0, 0.05) is 31.7 Å². The number of nitrogens with one attached hydrogen (secondary N) is 1. The minimum atomic E-state index is -4.60. The Labute approximate surface area is 251 Å². The third-order valence-corrected chi connectivity index (χ3v) is 8.23. The van der Waals surface area contributed by atoms with Crippen LogP contribution < -0.4 is 11.1 Å². The summed E-state index contributed by atoms with van der Waals surface area (Å²) < 4.78 is 39.9. The molecule has 0 aromatic heterocycles. The van der Waals surface area contributed by atoms with Crippen LogP contribution in [0.15, 0.2) is 48.5 Å². The Kier molecular flexibility index (Phi) is 11.5. The molecule has 41 heavy (non-hydrogen) atoms. The average Bonchev–Trinajstić information content (AvgIpc) is 3.24. The second kappa shape index (κ2) is 14.2. The maximum absolute atomic E-state index is 13.9. The van der Waals surface area contributed by atoms with Crippen molar-refractivity contribution in [2.24, 2.45) is 11.7 Å². The summed E-state index contributed by atoms with van der Waals surface area (Å²) in [7, 11) is 0. The summed E-state index contributed by atoms with van der Waals surface area (Å²) in [5.74, 6) is -0.348. The monoisotopic (exact) mass is 614 g/mol. The van der Waals surface area contributed by atoms with E-state index in [1.807, 2.05) is 32.0 Å². The molecule has 4 atom stereocenters. The molecule has 2 amide bonds. The Morgan fingerprint density at radius 3 is 2.51 bits per heavy atom. The van der Waals surface area contributed by atoms with E-state index < -0.39 is 22.8 Å². The first-order chi connectivity index (χ1) is 18.9. The van der Waals surface area contributed by atoms with Crippen LogP contribution in [0.1, 0.15) is 56.2 Å². The molecule has 0 bridgehead atoms. The van der Waals surface area contributed by atoms with Crippen LogP contribution >= 0.6 is 24.0 Å². The number of aryl methyl sites for hydroxylation is 1. The fraction of sp³-hybridized carbons (Fsp3) is 0.533. The van der Waals surface area contributed by atoms with Gasteiger partial charge in [0.2, 0.25) is 11.8 Å². The fourth-order valence-electron chi connectivity index (χ4n) is 5.92. The third kappa shape index (κ3) is 8.37. The van der Waals surface area contributed by atoms with Gasteiger partial charge in [-0.2, -0.15) is 13.2 Å². The largest absolute Gasteiger partial charge is 0.417 e. The summed E-state index contributed by atoms with van der Waals surface area (Å²) in [5, 5.41) is 2.39. The molecule has 2 aromatic carbocycles. The zero-order chi connectivity index (χ0) is 29.0. The molecule has 3 N–H and O–H groups in total. The van der Waals surface area contributed by atoms with Crippen molar-refractivity contribution >= 4 is 35.8 Å². The predicted molar refractivity (Wildman–Crippen MR) is 157 cm³/mol. The van der Waals surface area contributed by atoms with Crippen molar-refractivity contribution in [1.82, 2.24) is 15.1 Å². The number of carbonyl (C=O) groups is 2. The highest BCUT2D eigenvalue weighted by Gasteiger charge is 2.45. The number of halogens is 5. The number of carbonyl (C=O) groups excluding carboxylic acids is 2. The first-order valence-corrected chi connectivity index (χ1v) is 14.3. The Morgan fingerprint density at radius 2 is 1.85 bits per heavy atom. The van der Waals surface area contributed by atoms with Crippen molar-refractivity contribution in [2.45, 2.75) is 82.8 Å². The molecule has 226 valence electrons. The number of hydrogen-bond acceptors (Lipinski definition) is 4. The van der Waals surface area contributed by atoms with Crippen LogP contribution in [0, 0.1) is 5.92 Å². The molecule has 0 aliphatic carbocycles. The number of nitrogens with two attached hydrogens (primary N) is 1. The summed E-state index contributed by atoms with van der Waals surface area (Å²) in [4.78, 5) is 31.3. The van der Waals surface area contributed by atoms with Gasteiger partial charge in [-0.25, -0.2) is 0 Å². The van der Waals surface area contributed by atoms with Crippen molar-refractivity contribution in [3.05, 3.63) is 70.2 Å². The number of alkyl halides is 3. The number of amides is 2. The molecule has 4 rings (SSSR count). The molecule has 2 aromatic rings. The van der Waals surface area contributed by atoms with E-state index in [0.717, 1.165) is 25.3 Å². The summed E-state index contributed by atoms with van der Waals surface area (Å²) in [5.41, 5.74) is 6.90. The molecule has 11 heteroatoms. The van der Waals surface area contributed by atoms with E-state index in [4.69, 9.17) is 17.3 Å². The Balaban J connectivity index is 0.00000462. The summed E-state index contributed by atoms with van der Waals surface area (Å²) in [6, 6.07) is 12.8. The lowest BCUT2D eigenvalue weighted by molar-refractivity contribution is -0.143. The van der Waals surface area contributed by atoms with E-state index in [-0.39, 0.29) is 60.4 Å². The molecule has 2 aliphatic heterocycles. The van der Waals surface area contributed by atoms with Crippen LogP contribution in [0.25, 0.3) is 0 Å². The average molecular weight is 616 g/mol. The van der Waals surface area contributed by atoms with Crippen LogP contribution in [-0.2, 0) is 28.7 Å². The van der Waals surface area contributed by atoms with E-state index in [0.29, 0.717) is 25.9 Å². The zero-order valence-electron chi connectivity index (χ0n) is 23.4. The SMILES string of the molecule is CC(C)C[C@H](C(=O)NCc1ccc(Cl)c(C(F)(F)F)c1)N1CCC(CCc2ccccc2)N2C[C@H](N)C[C@H]2C1=O.Cl. The lowest BCUT2D eigenvalue weighted by Crippen LogP contribution is -2.53. The number of hydrogen-bond donors (Lipinski definition) is 2. The molecule has 2 saturated heterocycles. The van der Waals surface area contributed by atoms with E-state index in [2.05, 4.69) is 22.3 Å². The number of nitrogens with zero attached hydrogens (tertiary/aromatic N) is 2. The van der Waals surface area contributed by atoms with Crippen LogP contribution in [0.4, 0.5) is 13.2 Å². The molecule has 2 aliphatic rings. The topological polar surface area (TPSA) is 78.7 Å². The molecular weight excluding hydrogens is 576 g/mol. The predicted octanol–water partition coefficient (Wildman–Crippen LogP) is 5.45. The van der Waals surface area contributed by atoms with Crippen molar-refractivity contribution < 1.29 is 22.8 Å². The molecule has 2 heterocycles. The molecule has 0 spiro atoms. The highest BCUT2D eigenvalue weighted by atomic mass is 35.5. The lowest BCUT2D eigenvalue weighted by Gasteiger charge is -2.33. The van der Waals surface area contributed by atoms with Crippen LogP contribution in [0.2, 0.25) is 5.02 Å². The maximum atomic E-state index is 13.9. The van der Waals surface area contributed by atoms with E-state index >= 15 is 0 Å². The van der Waals surface area contributed by atoms with Crippen molar-refractivity contribution in [2.75, 3.05) is 13.1 Å². The van der Waals surface area contributed by atoms with E-state index in [1.165, 1.54) is 17.7 Å². The molecule has 6 nitrogen and oxygen atoms in total. The van der Waals surface area contributed by atoms with Gasteiger partial charge in [0.1, 0.15) is 6.04 Å². The highest BCUT2D eigenvalue weighted by Crippen LogP contribution is 2.35. The Bertz CT molecular complexity index is 1180. The summed E-state index contributed by atoms with van der Waals surface area (Å²) in [6.45, 7) is 4.94. The Hall–Kier alpha value is -2.33. The van der Waals surface area contributed by atoms with Gasteiger partial charge in [0.05, 0.1) is 16.6 Å². The van der Waals surface area contributed by atoms with Crippen molar-refractivity contribution in [3.8, 4) is 0 Å². The minimum Gasteiger partial charge on any atom is -0.350 e. The smallest absolute Gasteiger partial charge is 0.350 e. The standard InChI is InChI=1S/C30H38ClF3N4O2.ClH/c1-19(2)14-26(28(39)36-17-21-9-11-25(31)24(15-21)30(32,33)34)37-13-12-23(10-8-20-6-4-3-5-7-20)38-18-22(35)16-27(38)29(37)40;/h3-7,9,11,15,19,22-23,26-27H,8,10,12-14,16-18,35H2,1-2H3,(H,36,39);1H/t22-,23?,26-,27+;/m1./s1. The van der Waals surface area contributed by atoms with E-state index in [9.17, 15) is 22.8 Å². The molecule has 2 fully saturated rings. The maximum Gasteiger partial charge on any atom is 0.417 e. The van der Waals surface area contributed by atoms with Gasteiger partial charge in [-0.05, 0) is 61.3 Å².